The monoisotopic (exact) mass is 609 g/mol. The minimum atomic E-state index is -1.14. The predicted molar refractivity (Wildman–Crippen MR) is 172 cm³/mol. The van der Waals surface area contributed by atoms with Crippen molar-refractivity contribution in [3.63, 3.8) is 0 Å². The molecule has 0 aromatic carbocycles. The zero-order valence-corrected chi connectivity index (χ0v) is 27.8. The van der Waals surface area contributed by atoms with Crippen LogP contribution in [-0.4, -0.2) is 71.9 Å². The number of ether oxygens (including phenoxy) is 2. The first-order valence-corrected chi connectivity index (χ1v) is 17.0. The number of hydrogen-bond acceptors (Lipinski definition) is 7. The first-order valence-electron chi connectivity index (χ1n) is 17.0. The Bertz CT molecular complexity index is 814. The summed E-state index contributed by atoms with van der Waals surface area (Å²) in [5, 5.41) is 34.2. The summed E-state index contributed by atoms with van der Waals surface area (Å²) in [7, 11) is 1.64. The van der Waals surface area contributed by atoms with Gasteiger partial charge in [0.25, 0.3) is 5.91 Å². The Kier molecular flexibility index (Phi) is 21.6. The van der Waals surface area contributed by atoms with Gasteiger partial charge in [-0.15, -0.1) is 0 Å². The second kappa shape index (κ2) is 23.6. The molecule has 1 amide bonds. The summed E-state index contributed by atoms with van der Waals surface area (Å²) < 4.78 is 11.0. The average molecular weight is 610 g/mol. The summed E-state index contributed by atoms with van der Waals surface area (Å²) in [5.41, 5.74) is 1.03. The van der Waals surface area contributed by atoms with Gasteiger partial charge >= 0.3 is 5.97 Å². The Morgan fingerprint density at radius 1 is 0.930 bits per heavy atom. The Labute approximate surface area is 261 Å². The molecule has 0 saturated heterocycles. The largest absolute Gasteiger partial charge is 0.452 e. The van der Waals surface area contributed by atoms with Gasteiger partial charge in [-0.25, -0.2) is 0 Å². The number of esters is 1. The fourth-order valence-electron chi connectivity index (χ4n) is 5.74. The van der Waals surface area contributed by atoms with E-state index in [-0.39, 0.29) is 24.9 Å². The van der Waals surface area contributed by atoms with Crippen LogP contribution in [0.5, 0.6) is 0 Å². The van der Waals surface area contributed by atoms with Gasteiger partial charge in [0.1, 0.15) is 0 Å². The molecule has 1 aliphatic rings. The van der Waals surface area contributed by atoms with Crippen molar-refractivity contribution in [1.82, 2.24) is 5.32 Å². The van der Waals surface area contributed by atoms with Gasteiger partial charge in [0.2, 0.25) is 0 Å². The molecule has 0 aromatic heterocycles. The first-order chi connectivity index (χ1) is 20.6. The number of amides is 1. The van der Waals surface area contributed by atoms with E-state index in [9.17, 15) is 24.9 Å². The molecule has 0 fully saturated rings. The summed E-state index contributed by atoms with van der Waals surface area (Å²) in [6.45, 7) is 8.52. The summed E-state index contributed by atoms with van der Waals surface area (Å²) in [5.74, 6) is -0.176. The molecule has 0 aromatic rings. The number of carbonyl (C=O) groups is 2. The van der Waals surface area contributed by atoms with Crippen LogP contribution in [0.4, 0.5) is 0 Å². The maximum atomic E-state index is 12.8. The Morgan fingerprint density at radius 2 is 1.60 bits per heavy atom. The molecule has 1 heterocycles. The van der Waals surface area contributed by atoms with Crippen molar-refractivity contribution in [2.75, 3.05) is 20.3 Å². The second-order valence-electron chi connectivity index (χ2n) is 12.8. The standard InChI is InChI=1S/C35H63NO7/c1-6-15-33-34(40)36-24-30(37)23-32(39)31(38)21-20-29(25-42-5)19-14-18-28(7-2)17-13-11-9-8-10-12-16-26(3)22-27(4)35(41)43-33/h14,18-19,26-28,30-33,37-39H,6-13,15-17,20-25H2,1-5H3,(H,36,40)/b18-14+,29-19-/t26-,27+,28-,30+,31-,32+,33+/m1/s1. The minimum Gasteiger partial charge on any atom is -0.452 e. The fourth-order valence-corrected chi connectivity index (χ4v) is 5.74. The maximum absolute atomic E-state index is 12.8. The Balaban J connectivity index is 2.90. The number of methoxy groups -OCH3 is 1. The molecule has 250 valence electrons. The number of carbonyl (C=O) groups excluding carboxylic acids is 2. The van der Waals surface area contributed by atoms with Crippen LogP contribution in [0.2, 0.25) is 0 Å². The summed E-state index contributed by atoms with van der Waals surface area (Å²) in [4.78, 5) is 25.6. The van der Waals surface area contributed by atoms with Gasteiger partial charge in [-0.05, 0) is 55.9 Å². The molecule has 4 N–H and O–H groups in total. The summed E-state index contributed by atoms with van der Waals surface area (Å²) in [6, 6.07) is 0. The van der Waals surface area contributed by atoms with Crippen molar-refractivity contribution in [3.8, 4) is 0 Å². The van der Waals surface area contributed by atoms with E-state index < -0.39 is 30.3 Å². The fraction of sp³-hybridized carbons (Fsp3) is 0.829. The van der Waals surface area contributed by atoms with Crippen molar-refractivity contribution < 1.29 is 34.4 Å². The van der Waals surface area contributed by atoms with Gasteiger partial charge in [0.15, 0.2) is 6.10 Å². The Hall–Kier alpha value is -1.74. The molecule has 1 rings (SSSR count). The van der Waals surface area contributed by atoms with Crippen LogP contribution < -0.4 is 5.32 Å². The molecule has 7 atom stereocenters. The van der Waals surface area contributed by atoms with E-state index in [1.54, 1.807) is 7.11 Å². The highest BCUT2D eigenvalue weighted by molar-refractivity contribution is 5.84. The van der Waals surface area contributed by atoms with E-state index >= 15 is 0 Å². The molecule has 43 heavy (non-hydrogen) atoms. The SMILES string of the molecule is CCC[C@@H]1OC(=O)[C@@H](C)C[C@H](C)CCCCCCCC[C@@H](CC)/C=C/C=C(\COC)CC[C@@H](O)[C@@H](O)C[C@H](O)CNC1=O. The number of cyclic esters (lactones) is 1. The highest BCUT2D eigenvalue weighted by Gasteiger charge is 2.27. The van der Waals surface area contributed by atoms with Crippen LogP contribution in [0, 0.1) is 17.8 Å². The summed E-state index contributed by atoms with van der Waals surface area (Å²) in [6.07, 6.45) is 15.5. The number of aliphatic hydroxyl groups is 3. The van der Waals surface area contributed by atoms with Crippen molar-refractivity contribution in [3.05, 3.63) is 23.8 Å². The van der Waals surface area contributed by atoms with Crippen molar-refractivity contribution >= 4 is 11.9 Å². The quantitative estimate of drug-likeness (QED) is 0.281. The van der Waals surface area contributed by atoms with Crippen LogP contribution >= 0.6 is 0 Å². The Morgan fingerprint density at radius 3 is 2.26 bits per heavy atom. The number of aliphatic hydroxyl groups excluding tert-OH is 3. The normalized spacial score (nSPS) is 33.2. The number of β-amino-alcohol motifs (C(OH)–C–C–N with tert-alkyl or cyclic N) is 1. The summed E-state index contributed by atoms with van der Waals surface area (Å²) >= 11 is 0. The maximum Gasteiger partial charge on any atom is 0.309 e. The smallest absolute Gasteiger partial charge is 0.309 e. The van der Waals surface area contributed by atoms with Gasteiger partial charge in [-0.1, -0.05) is 97.3 Å². The number of hydrogen-bond donors (Lipinski definition) is 4. The molecule has 0 unspecified atom stereocenters. The molecule has 8 nitrogen and oxygen atoms in total. The lowest BCUT2D eigenvalue weighted by atomic mass is 9.92. The average Bonchev–Trinajstić information content (AvgIpc) is 2.97. The van der Waals surface area contributed by atoms with Gasteiger partial charge in [0.05, 0.1) is 30.8 Å². The third-order valence-corrected chi connectivity index (χ3v) is 8.58. The van der Waals surface area contributed by atoms with Crippen molar-refractivity contribution in [2.45, 2.75) is 148 Å². The van der Waals surface area contributed by atoms with Crippen LogP contribution in [-0.2, 0) is 19.1 Å². The lowest BCUT2D eigenvalue weighted by molar-refractivity contribution is -0.160. The van der Waals surface area contributed by atoms with Crippen molar-refractivity contribution in [2.24, 2.45) is 17.8 Å². The number of allylic oxidation sites excluding steroid dienone is 3. The van der Waals surface area contributed by atoms with E-state index in [0.717, 1.165) is 31.3 Å². The van der Waals surface area contributed by atoms with Gasteiger partial charge in [-0.3, -0.25) is 9.59 Å². The van der Waals surface area contributed by atoms with E-state index in [1.807, 2.05) is 19.9 Å². The molecule has 0 spiro atoms. The molecule has 1 aliphatic heterocycles. The van der Waals surface area contributed by atoms with Gasteiger partial charge in [-0.2, -0.15) is 0 Å². The van der Waals surface area contributed by atoms with Crippen LogP contribution in [0.1, 0.15) is 124 Å². The molecular weight excluding hydrogens is 546 g/mol. The van der Waals surface area contributed by atoms with Crippen LogP contribution in [0.15, 0.2) is 23.8 Å². The molecule has 0 aliphatic carbocycles. The molecule has 0 radical (unpaired) electrons. The first kappa shape index (κ1) is 39.3. The van der Waals surface area contributed by atoms with Gasteiger partial charge < -0.3 is 30.1 Å². The third-order valence-electron chi connectivity index (χ3n) is 8.58. The van der Waals surface area contributed by atoms with Crippen LogP contribution in [0.25, 0.3) is 0 Å². The van der Waals surface area contributed by atoms with Crippen molar-refractivity contribution in [1.29, 1.82) is 0 Å². The lowest BCUT2D eigenvalue weighted by Crippen LogP contribution is -2.43. The highest BCUT2D eigenvalue weighted by atomic mass is 16.5. The minimum absolute atomic E-state index is 0.0873. The van der Waals surface area contributed by atoms with E-state index in [1.165, 1.54) is 38.5 Å². The van der Waals surface area contributed by atoms with E-state index in [4.69, 9.17) is 9.47 Å². The lowest BCUT2D eigenvalue weighted by Gasteiger charge is -2.23. The zero-order valence-electron chi connectivity index (χ0n) is 27.8. The molecule has 0 bridgehead atoms. The molecule has 0 saturated carbocycles. The van der Waals surface area contributed by atoms with E-state index in [2.05, 4.69) is 31.3 Å². The topological polar surface area (TPSA) is 125 Å². The molecular formula is C35H63NO7. The van der Waals surface area contributed by atoms with E-state index in [0.29, 0.717) is 44.1 Å². The molecule has 8 heteroatoms. The second-order valence-corrected chi connectivity index (χ2v) is 12.8. The van der Waals surface area contributed by atoms with Crippen LogP contribution in [0.3, 0.4) is 0 Å². The van der Waals surface area contributed by atoms with Gasteiger partial charge in [0, 0.05) is 20.1 Å². The number of rotatable bonds is 5. The third kappa shape index (κ3) is 18.0. The number of nitrogens with one attached hydrogen (secondary N) is 1. The highest BCUT2D eigenvalue weighted by Crippen LogP contribution is 2.22. The zero-order chi connectivity index (χ0) is 32.0. The predicted octanol–water partition coefficient (Wildman–Crippen LogP) is 6.02.